The van der Waals surface area contributed by atoms with Crippen LogP contribution in [0.1, 0.15) is 10.4 Å². The van der Waals surface area contributed by atoms with Crippen molar-refractivity contribution in [3.05, 3.63) is 51.1 Å². The van der Waals surface area contributed by atoms with Gasteiger partial charge in [0, 0.05) is 11.2 Å². The molecule has 1 heterocycles. The van der Waals surface area contributed by atoms with Crippen LogP contribution in [0.3, 0.4) is 0 Å². The molecule has 0 aliphatic rings. The molecule has 0 bridgehead atoms. The first-order chi connectivity index (χ1) is 8.99. The summed E-state index contributed by atoms with van der Waals surface area (Å²) < 4.78 is 5.39. The Labute approximate surface area is 123 Å². The number of nitrogens with zero attached hydrogens (tertiary/aromatic N) is 1. The van der Waals surface area contributed by atoms with Gasteiger partial charge in [-0.05, 0) is 24.3 Å². The summed E-state index contributed by atoms with van der Waals surface area (Å²) in [6, 6.07) is 5.89. The summed E-state index contributed by atoms with van der Waals surface area (Å²) in [5.74, 6) is -0.923. The number of ether oxygens (including phenoxy) is 1. The van der Waals surface area contributed by atoms with Gasteiger partial charge in [-0.15, -0.1) is 0 Å². The molecular weight excluding hydrogens is 312 g/mol. The molecule has 1 N–H and O–H groups in total. The molecule has 98 valence electrons. The third-order valence-electron chi connectivity index (χ3n) is 2.19. The maximum Gasteiger partial charge on any atom is 0.337 e. The summed E-state index contributed by atoms with van der Waals surface area (Å²) in [5, 5.41) is 9.56. The minimum Gasteiger partial charge on any atom is -0.478 e. The highest BCUT2D eigenvalue weighted by atomic mass is 35.5. The molecule has 0 amide bonds. The summed E-state index contributed by atoms with van der Waals surface area (Å²) in [6.45, 7) is 0. The van der Waals surface area contributed by atoms with E-state index in [0.29, 0.717) is 5.02 Å². The zero-order valence-electron chi connectivity index (χ0n) is 9.23. The predicted molar refractivity (Wildman–Crippen MR) is 72.7 cm³/mol. The van der Waals surface area contributed by atoms with E-state index in [1.807, 2.05) is 0 Å². The minimum absolute atomic E-state index is 0.0363. The van der Waals surface area contributed by atoms with E-state index in [1.165, 1.54) is 24.4 Å². The van der Waals surface area contributed by atoms with Crippen LogP contribution in [-0.4, -0.2) is 16.1 Å². The van der Waals surface area contributed by atoms with E-state index >= 15 is 0 Å². The van der Waals surface area contributed by atoms with Crippen LogP contribution >= 0.6 is 34.8 Å². The Hall–Kier alpha value is -1.49. The van der Waals surface area contributed by atoms with E-state index in [-0.39, 0.29) is 27.2 Å². The van der Waals surface area contributed by atoms with E-state index in [0.717, 1.165) is 0 Å². The second kappa shape index (κ2) is 5.65. The Kier molecular flexibility index (Phi) is 4.14. The van der Waals surface area contributed by atoms with Crippen LogP contribution in [0.2, 0.25) is 15.1 Å². The molecule has 0 radical (unpaired) electrons. The van der Waals surface area contributed by atoms with Gasteiger partial charge in [0.25, 0.3) is 0 Å². The van der Waals surface area contributed by atoms with E-state index < -0.39 is 5.97 Å². The lowest BCUT2D eigenvalue weighted by molar-refractivity contribution is 0.0696. The number of benzene rings is 1. The fourth-order valence-electron chi connectivity index (χ4n) is 1.32. The summed E-state index contributed by atoms with van der Waals surface area (Å²) in [5.41, 5.74) is -0.100. The van der Waals surface area contributed by atoms with E-state index in [9.17, 15) is 4.79 Å². The normalized spacial score (nSPS) is 10.3. The Morgan fingerprint density at radius 3 is 2.58 bits per heavy atom. The number of halogens is 3. The first-order valence-corrected chi connectivity index (χ1v) is 6.13. The zero-order chi connectivity index (χ0) is 14.0. The van der Waals surface area contributed by atoms with Crippen LogP contribution < -0.4 is 4.74 Å². The van der Waals surface area contributed by atoms with Gasteiger partial charge >= 0.3 is 5.97 Å². The molecule has 19 heavy (non-hydrogen) atoms. The molecular formula is C12H6Cl3NO3. The van der Waals surface area contributed by atoms with Gasteiger partial charge in [-0.2, -0.15) is 0 Å². The average Bonchev–Trinajstić information content (AvgIpc) is 2.34. The van der Waals surface area contributed by atoms with E-state index in [1.54, 1.807) is 6.07 Å². The lowest BCUT2D eigenvalue weighted by Crippen LogP contribution is -2.00. The molecule has 0 fully saturated rings. The smallest absolute Gasteiger partial charge is 0.337 e. The van der Waals surface area contributed by atoms with Gasteiger partial charge in [0.15, 0.2) is 0 Å². The van der Waals surface area contributed by atoms with E-state index in [4.69, 9.17) is 44.6 Å². The second-order valence-electron chi connectivity index (χ2n) is 3.46. The largest absolute Gasteiger partial charge is 0.478 e. The van der Waals surface area contributed by atoms with Crippen LogP contribution in [0.4, 0.5) is 0 Å². The lowest BCUT2D eigenvalue weighted by atomic mass is 10.2. The van der Waals surface area contributed by atoms with Crippen molar-refractivity contribution < 1.29 is 14.6 Å². The van der Waals surface area contributed by atoms with Crippen LogP contribution in [0.5, 0.6) is 11.6 Å². The Morgan fingerprint density at radius 2 is 1.95 bits per heavy atom. The molecule has 0 unspecified atom stereocenters. The van der Waals surface area contributed by atoms with Crippen LogP contribution in [0.25, 0.3) is 0 Å². The molecule has 0 saturated carbocycles. The summed E-state index contributed by atoms with van der Waals surface area (Å²) in [7, 11) is 0. The molecule has 7 heteroatoms. The summed E-state index contributed by atoms with van der Waals surface area (Å²) >= 11 is 17.6. The number of rotatable bonds is 3. The van der Waals surface area contributed by atoms with Crippen molar-refractivity contribution in [2.75, 3.05) is 0 Å². The molecule has 2 rings (SSSR count). The molecule has 1 aromatic heterocycles. The third kappa shape index (κ3) is 3.10. The Balaban J connectivity index is 2.38. The fraction of sp³-hybridized carbons (Fsp3) is 0. The van der Waals surface area contributed by atoms with Crippen molar-refractivity contribution in [3.63, 3.8) is 0 Å². The van der Waals surface area contributed by atoms with Gasteiger partial charge in [-0.25, -0.2) is 9.78 Å². The lowest BCUT2D eigenvalue weighted by Gasteiger charge is -2.09. The highest BCUT2D eigenvalue weighted by molar-refractivity contribution is 6.36. The first-order valence-electron chi connectivity index (χ1n) is 4.99. The maximum atomic E-state index is 10.9. The molecule has 0 atom stereocenters. The van der Waals surface area contributed by atoms with Gasteiger partial charge in [-0.1, -0.05) is 34.8 Å². The van der Waals surface area contributed by atoms with Gasteiger partial charge in [0.1, 0.15) is 10.8 Å². The highest BCUT2D eigenvalue weighted by Crippen LogP contribution is 2.34. The predicted octanol–water partition coefficient (Wildman–Crippen LogP) is 4.53. The zero-order valence-corrected chi connectivity index (χ0v) is 11.5. The summed E-state index contributed by atoms with van der Waals surface area (Å²) in [6.07, 6.45) is 1.29. The van der Waals surface area contributed by atoms with Crippen LogP contribution in [0.15, 0.2) is 30.5 Å². The quantitative estimate of drug-likeness (QED) is 0.903. The Bertz CT molecular complexity index is 646. The number of aromatic carboxylic acids is 1. The standard InChI is InChI=1S/C12H6Cl3NO3/c13-6-1-2-9(8(14)5-6)19-11-10(15)7(12(17)18)3-4-16-11/h1-5H,(H,17,18). The van der Waals surface area contributed by atoms with Crippen molar-refractivity contribution >= 4 is 40.8 Å². The van der Waals surface area contributed by atoms with Crippen molar-refractivity contribution in [2.24, 2.45) is 0 Å². The number of carboxylic acids is 1. The number of hydrogen-bond acceptors (Lipinski definition) is 3. The fourth-order valence-corrected chi connectivity index (χ4v) is 2.00. The number of carboxylic acid groups (broad SMARTS) is 1. The Morgan fingerprint density at radius 1 is 1.21 bits per heavy atom. The minimum atomic E-state index is -1.17. The van der Waals surface area contributed by atoms with Gasteiger partial charge in [0.05, 0.1) is 10.6 Å². The van der Waals surface area contributed by atoms with Gasteiger partial charge in [-0.3, -0.25) is 0 Å². The van der Waals surface area contributed by atoms with Crippen LogP contribution in [0, 0.1) is 0 Å². The van der Waals surface area contributed by atoms with Crippen molar-refractivity contribution in [2.45, 2.75) is 0 Å². The maximum absolute atomic E-state index is 10.9. The molecule has 0 saturated heterocycles. The molecule has 0 aliphatic heterocycles. The second-order valence-corrected chi connectivity index (χ2v) is 4.68. The monoisotopic (exact) mass is 317 g/mol. The number of aromatic nitrogens is 1. The number of carbonyl (C=O) groups is 1. The molecule has 0 spiro atoms. The molecule has 2 aromatic rings. The van der Waals surface area contributed by atoms with Crippen molar-refractivity contribution in [3.8, 4) is 11.6 Å². The average molecular weight is 319 g/mol. The number of hydrogen-bond donors (Lipinski definition) is 1. The summed E-state index contributed by atoms with van der Waals surface area (Å²) in [4.78, 5) is 14.8. The highest BCUT2D eigenvalue weighted by Gasteiger charge is 2.15. The van der Waals surface area contributed by atoms with E-state index in [2.05, 4.69) is 4.98 Å². The van der Waals surface area contributed by atoms with Crippen molar-refractivity contribution in [1.29, 1.82) is 0 Å². The van der Waals surface area contributed by atoms with Gasteiger partial charge in [0.2, 0.25) is 5.88 Å². The first kappa shape index (κ1) is 13.9. The van der Waals surface area contributed by atoms with Crippen LogP contribution in [-0.2, 0) is 0 Å². The molecule has 1 aromatic carbocycles. The number of pyridine rings is 1. The topological polar surface area (TPSA) is 59.4 Å². The van der Waals surface area contributed by atoms with Gasteiger partial charge < -0.3 is 9.84 Å². The SMILES string of the molecule is O=C(O)c1ccnc(Oc2ccc(Cl)cc2Cl)c1Cl. The third-order valence-corrected chi connectivity index (χ3v) is 3.08. The molecule has 0 aliphatic carbocycles. The van der Waals surface area contributed by atoms with Crippen molar-refractivity contribution in [1.82, 2.24) is 4.98 Å². The molecule has 4 nitrogen and oxygen atoms in total.